The Kier molecular flexibility index (Phi) is 3.92. The second kappa shape index (κ2) is 4.99. The van der Waals surface area contributed by atoms with Crippen LogP contribution in [-0.4, -0.2) is 33.2 Å². The third kappa shape index (κ3) is 2.82. The maximum absolute atomic E-state index is 8.84. The molecule has 0 bridgehead atoms. The largest absolute Gasteiger partial charge is 0.396 e. The molecule has 4 heteroatoms. The zero-order chi connectivity index (χ0) is 9.68. The molecule has 0 unspecified atom stereocenters. The molecule has 1 aromatic heterocycles. The van der Waals surface area contributed by atoms with Gasteiger partial charge in [-0.2, -0.15) is 5.10 Å². The molecule has 0 fully saturated rings. The lowest BCUT2D eigenvalue weighted by Gasteiger charge is -2.09. The van der Waals surface area contributed by atoms with E-state index >= 15 is 0 Å². The summed E-state index contributed by atoms with van der Waals surface area (Å²) >= 11 is 0. The Labute approximate surface area is 77.8 Å². The van der Waals surface area contributed by atoms with Crippen molar-refractivity contribution in [2.45, 2.75) is 12.8 Å². The Bertz CT molecular complexity index is 244. The van der Waals surface area contributed by atoms with Gasteiger partial charge in [-0.25, -0.2) is 0 Å². The first-order valence-corrected chi connectivity index (χ1v) is 4.46. The number of aliphatic hydroxyl groups is 2. The molecule has 0 spiro atoms. The average Bonchev–Trinajstić information content (AvgIpc) is 2.54. The van der Waals surface area contributed by atoms with Crippen LogP contribution in [0.1, 0.15) is 12.1 Å². The number of aryl methyl sites for hydroxylation is 2. The molecule has 0 radical (unpaired) electrons. The minimum Gasteiger partial charge on any atom is -0.396 e. The fraction of sp³-hybridized carbons (Fsp3) is 0.667. The third-order valence-corrected chi connectivity index (χ3v) is 2.25. The van der Waals surface area contributed by atoms with Gasteiger partial charge in [0.05, 0.1) is 0 Å². The molecule has 0 aliphatic rings. The van der Waals surface area contributed by atoms with Crippen molar-refractivity contribution in [3.63, 3.8) is 0 Å². The summed E-state index contributed by atoms with van der Waals surface area (Å²) in [6, 6.07) is 1.95. The van der Waals surface area contributed by atoms with Crippen LogP contribution in [0.15, 0.2) is 12.3 Å². The molecule has 0 saturated heterocycles. The summed E-state index contributed by atoms with van der Waals surface area (Å²) in [5.41, 5.74) is 1.13. The van der Waals surface area contributed by atoms with Gasteiger partial charge in [0.15, 0.2) is 0 Å². The SMILES string of the molecule is Cn1nccc1CCC(CO)CO. The van der Waals surface area contributed by atoms with Gasteiger partial charge in [0.2, 0.25) is 0 Å². The van der Waals surface area contributed by atoms with Crippen LogP contribution in [0.3, 0.4) is 0 Å². The predicted molar refractivity (Wildman–Crippen MR) is 49.2 cm³/mol. The average molecular weight is 184 g/mol. The van der Waals surface area contributed by atoms with Gasteiger partial charge in [0, 0.05) is 38.1 Å². The van der Waals surface area contributed by atoms with Crippen LogP contribution in [0.25, 0.3) is 0 Å². The van der Waals surface area contributed by atoms with E-state index in [1.165, 1.54) is 0 Å². The van der Waals surface area contributed by atoms with E-state index in [1.807, 2.05) is 17.8 Å². The Morgan fingerprint density at radius 1 is 1.46 bits per heavy atom. The van der Waals surface area contributed by atoms with Crippen molar-refractivity contribution >= 4 is 0 Å². The normalized spacial score (nSPS) is 11.1. The zero-order valence-electron chi connectivity index (χ0n) is 7.85. The molecule has 13 heavy (non-hydrogen) atoms. The lowest BCUT2D eigenvalue weighted by atomic mass is 10.0. The van der Waals surface area contributed by atoms with Crippen molar-refractivity contribution in [3.05, 3.63) is 18.0 Å². The molecule has 0 aliphatic heterocycles. The number of nitrogens with zero attached hydrogens (tertiary/aromatic N) is 2. The lowest BCUT2D eigenvalue weighted by Crippen LogP contribution is -2.12. The maximum Gasteiger partial charge on any atom is 0.0492 e. The smallest absolute Gasteiger partial charge is 0.0492 e. The fourth-order valence-electron chi connectivity index (χ4n) is 1.24. The van der Waals surface area contributed by atoms with Crippen LogP contribution in [0.2, 0.25) is 0 Å². The molecule has 2 N–H and O–H groups in total. The zero-order valence-corrected chi connectivity index (χ0v) is 7.85. The molecule has 0 amide bonds. The Balaban J connectivity index is 2.38. The summed E-state index contributed by atoms with van der Waals surface area (Å²) in [6.07, 6.45) is 3.40. The predicted octanol–water partition coefficient (Wildman–Crippen LogP) is -0.0465. The van der Waals surface area contributed by atoms with Crippen molar-refractivity contribution in [2.24, 2.45) is 13.0 Å². The van der Waals surface area contributed by atoms with Gasteiger partial charge in [0.1, 0.15) is 0 Å². The monoisotopic (exact) mass is 184 g/mol. The molecular weight excluding hydrogens is 168 g/mol. The number of hydrogen-bond acceptors (Lipinski definition) is 3. The highest BCUT2D eigenvalue weighted by Gasteiger charge is 2.07. The van der Waals surface area contributed by atoms with Crippen LogP contribution >= 0.6 is 0 Å². The van der Waals surface area contributed by atoms with E-state index in [1.54, 1.807) is 6.20 Å². The molecule has 0 saturated carbocycles. The van der Waals surface area contributed by atoms with E-state index in [0.717, 1.165) is 18.5 Å². The topological polar surface area (TPSA) is 58.3 Å². The van der Waals surface area contributed by atoms with E-state index in [0.29, 0.717) is 0 Å². The maximum atomic E-state index is 8.84. The molecular formula is C9H16N2O2. The summed E-state index contributed by atoms with van der Waals surface area (Å²) < 4.78 is 1.81. The van der Waals surface area contributed by atoms with Gasteiger partial charge in [-0.05, 0) is 18.9 Å². The van der Waals surface area contributed by atoms with E-state index in [9.17, 15) is 0 Å². The number of aliphatic hydroxyl groups excluding tert-OH is 2. The first-order chi connectivity index (χ1) is 6.27. The minimum atomic E-state index is -0.00472. The Morgan fingerprint density at radius 3 is 2.62 bits per heavy atom. The molecule has 4 nitrogen and oxygen atoms in total. The van der Waals surface area contributed by atoms with Crippen molar-refractivity contribution in [3.8, 4) is 0 Å². The number of aromatic nitrogens is 2. The van der Waals surface area contributed by atoms with Crippen LogP contribution in [-0.2, 0) is 13.5 Å². The van der Waals surface area contributed by atoms with Gasteiger partial charge in [0.25, 0.3) is 0 Å². The minimum absolute atomic E-state index is 0.00472. The van der Waals surface area contributed by atoms with Crippen LogP contribution in [0.4, 0.5) is 0 Å². The van der Waals surface area contributed by atoms with E-state index in [-0.39, 0.29) is 19.1 Å². The second-order valence-electron chi connectivity index (χ2n) is 3.22. The number of rotatable bonds is 5. The highest BCUT2D eigenvalue weighted by atomic mass is 16.3. The number of hydrogen-bond donors (Lipinski definition) is 2. The van der Waals surface area contributed by atoms with Crippen molar-refractivity contribution in [2.75, 3.05) is 13.2 Å². The van der Waals surface area contributed by atoms with E-state index in [2.05, 4.69) is 5.10 Å². The third-order valence-electron chi connectivity index (χ3n) is 2.25. The molecule has 1 aromatic rings. The highest BCUT2D eigenvalue weighted by Crippen LogP contribution is 2.07. The highest BCUT2D eigenvalue weighted by molar-refractivity contribution is 4.99. The molecule has 0 aliphatic carbocycles. The van der Waals surface area contributed by atoms with Gasteiger partial charge >= 0.3 is 0 Å². The quantitative estimate of drug-likeness (QED) is 0.674. The summed E-state index contributed by atoms with van der Waals surface area (Å²) in [6.45, 7) is 0.0999. The first kappa shape index (κ1) is 10.2. The van der Waals surface area contributed by atoms with Crippen molar-refractivity contribution < 1.29 is 10.2 Å². The molecule has 0 aromatic carbocycles. The van der Waals surface area contributed by atoms with Crippen LogP contribution in [0.5, 0.6) is 0 Å². The van der Waals surface area contributed by atoms with Crippen LogP contribution in [0, 0.1) is 5.92 Å². The van der Waals surface area contributed by atoms with Crippen molar-refractivity contribution in [1.29, 1.82) is 0 Å². The molecule has 74 valence electrons. The van der Waals surface area contributed by atoms with Gasteiger partial charge in [-0.15, -0.1) is 0 Å². The Morgan fingerprint density at radius 2 is 2.15 bits per heavy atom. The van der Waals surface area contributed by atoms with Crippen molar-refractivity contribution in [1.82, 2.24) is 9.78 Å². The van der Waals surface area contributed by atoms with Crippen LogP contribution < -0.4 is 0 Å². The van der Waals surface area contributed by atoms with Gasteiger partial charge in [-0.1, -0.05) is 0 Å². The summed E-state index contributed by atoms with van der Waals surface area (Å²) in [5, 5.41) is 21.7. The van der Waals surface area contributed by atoms with Gasteiger partial charge < -0.3 is 10.2 Å². The van der Waals surface area contributed by atoms with E-state index in [4.69, 9.17) is 10.2 Å². The molecule has 1 rings (SSSR count). The second-order valence-corrected chi connectivity index (χ2v) is 3.22. The Hall–Kier alpha value is -0.870. The van der Waals surface area contributed by atoms with Gasteiger partial charge in [-0.3, -0.25) is 4.68 Å². The lowest BCUT2D eigenvalue weighted by molar-refractivity contribution is 0.143. The summed E-state index contributed by atoms with van der Waals surface area (Å²) in [7, 11) is 1.89. The first-order valence-electron chi connectivity index (χ1n) is 4.46. The fourth-order valence-corrected chi connectivity index (χ4v) is 1.24. The summed E-state index contributed by atoms with van der Waals surface area (Å²) in [4.78, 5) is 0. The standard InChI is InChI=1S/C9H16N2O2/c1-11-9(4-5-10-11)3-2-8(6-12)7-13/h4-5,8,12-13H,2-3,6-7H2,1H3. The molecule has 1 heterocycles. The summed E-state index contributed by atoms with van der Waals surface area (Å²) in [5.74, 6) is -0.00472. The molecule has 0 atom stereocenters. The van der Waals surface area contributed by atoms with E-state index < -0.39 is 0 Å².